The van der Waals surface area contributed by atoms with Gasteiger partial charge in [0.2, 0.25) is 0 Å². The summed E-state index contributed by atoms with van der Waals surface area (Å²) in [5, 5.41) is 3.56. The van der Waals surface area contributed by atoms with Gasteiger partial charge in [-0.2, -0.15) is 0 Å². The zero-order valence-corrected chi connectivity index (χ0v) is 12.1. The quantitative estimate of drug-likeness (QED) is 0.814. The van der Waals surface area contributed by atoms with Crippen molar-refractivity contribution in [1.29, 1.82) is 0 Å². The van der Waals surface area contributed by atoms with E-state index in [1.54, 1.807) is 0 Å². The molecule has 0 bridgehead atoms. The van der Waals surface area contributed by atoms with Gasteiger partial charge in [-0.1, -0.05) is 57.4 Å². The summed E-state index contributed by atoms with van der Waals surface area (Å²) in [4.78, 5) is 0. The Kier molecular flexibility index (Phi) is 4.82. The van der Waals surface area contributed by atoms with Crippen molar-refractivity contribution in [2.75, 3.05) is 7.05 Å². The number of hydrogen-bond acceptors (Lipinski definition) is 1. The topological polar surface area (TPSA) is 12.0 Å². The van der Waals surface area contributed by atoms with Crippen LogP contribution in [0.1, 0.15) is 56.7 Å². The number of hydrogen-bond donors (Lipinski definition) is 1. The maximum Gasteiger partial charge on any atom is 0.0348 e. The van der Waals surface area contributed by atoms with Crippen molar-refractivity contribution in [2.24, 2.45) is 11.8 Å². The molecule has 0 radical (unpaired) electrons. The standard InChI is InChI=1S/C17H27N/c1-4-7-14-9-6-10-15(12-14)17(18-3)16-11-5-8-13(16)2/h6,9-10,12-13,16-18H,4-5,7-8,11H2,1-3H3. The van der Waals surface area contributed by atoms with E-state index >= 15 is 0 Å². The van der Waals surface area contributed by atoms with Crippen LogP contribution >= 0.6 is 0 Å². The second kappa shape index (κ2) is 6.38. The van der Waals surface area contributed by atoms with Crippen LogP contribution in [0.15, 0.2) is 24.3 Å². The molecule has 1 aromatic carbocycles. The van der Waals surface area contributed by atoms with Crippen molar-refractivity contribution in [3.8, 4) is 0 Å². The molecule has 18 heavy (non-hydrogen) atoms. The van der Waals surface area contributed by atoms with Crippen LogP contribution in [0.4, 0.5) is 0 Å². The van der Waals surface area contributed by atoms with E-state index in [1.165, 1.54) is 43.2 Å². The van der Waals surface area contributed by atoms with Crippen LogP contribution in [-0.2, 0) is 6.42 Å². The fourth-order valence-electron chi connectivity index (χ4n) is 3.53. The summed E-state index contributed by atoms with van der Waals surface area (Å²) in [5.74, 6) is 1.67. The van der Waals surface area contributed by atoms with Crippen LogP contribution < -0.4 is 5.32 Å². The lowest BCUT2D eigenvalue weighted by molar-refractivity contribution is 0.315. The molecule has 3 unspecified atom stereocenters. The highest BCUT2D eigenvalue weighted by molar-refractivity contribution is 5.27. The van der Waals surface area contributed by atoms with Gasteiger partial charge in [0.15, 0.2) is 0 Å². The fraction of sp³-hybridized carbons (Fsp3) is 0.647. The van der Waals surface area contributed by atoms with E-state index in [0.717, 1.165) is 11.8 Å². The average Bonchev–Trinajstić information content (AvgIpc) is 2.78. The summed E-state index contributed by atoms with van der Waals surface area (Å²) < 4.78 is 0. The molecule has 0 saturated heterocycles. The first-order chi connectivity index (χ1) is 8.76. The SMILES string of the molecule is CCCc1cccc(C(NC)C2CCCC2C)c1. The first-order valence-electron chi connectivity index (χ1n) is 7.52. The normalized spacial score (nSPS) is 25.3. The van der Waals surface area contributed by atoms with Gasteiger partial charge in [0.1, 0.15) is 0 Å². The minimum absolute atomic E-state index is 0.541. The first-order valence-corrected chi connectivity index (χ1v) is 7.52. The molecule has 1 aromatic rings. The summed E-state index contributed by atoms with van der Waals surface area (Å²) in [6.45, 7) is 4.67. The maximum atomic E-state index is 3.56. The third kappa shape index (κ3) is 2.95. The first kappa shape index (κ1) is 13.6. The van der Waals surface area contributed by atoms with Crippen molar-refractivity contribution >= 4 is 0 Å². The minimum Gasteiger partial charge on any atom is -0.313 e. The van der Waals surface area contributed by atoms with E-state index in [0.29, 0.717) is 6.04 Å². The summed E-state index contributed by atoms with van der Waals surface area (Å²) in [7, 11) is 2.11. The van der Waals surface area contributed by atoms with E-state index in [1.807, 2.05) is 0 Å². The lowest BCUT2D eigenvalue weighted by atomic mass is 9.85. The molecule has 1 aliphatic rings. The Morgan fingerprint density at radius 3 is 2.78 bits per heavy atom. The van der Waals surface area contributed by atoms with Gasteiger partial charge in [-0.25, -0.2) is 0 Å². The molecular weight excluding hydrogens is 218 g/mol. The molecule has 1 nitrogen and oxygen atoms in total. The van der Waals surface area contributed by atoms with Crippen LogP contribution in [0.25, 0.3) is 0 Å². The van der Waals surface area contributed by atoms with Crippen molar-refractivity contribution in [1.82, 2.24) is 5.32 Å². The van der Waals surface area contributed by atoms with Crippen LogP contribution in [0.3, 0.4) is 0 Å². The summed E-state index contributed by atoms with van der Waals surface area (Å²) in [5.41, 5.74) is 2.98. The molecule has 0 amide bonds. The summed E-state index contributed by atoms with van der Waals surface area (Å²) in [6.07, 6.45) is 6.61. The molecule has 3 atom stereocenters. The second-order valence-corrected chi connectivity index (χ2v) is 5.83. The van der Waals surface area contributed by atoms with Crippen LogP contribution in [0.2, 0.25) is 0 Å². The van der Waals surface area contributed by atoms with Gasteiger partial charge < -0.3 is 5.32 Å². The molecule has 0 aromatic heterocycles. The lowest BCUT2D eigenvalue weighted by Gasteiger charge is -2.27. The second-order valence-electron chi connectivity index (χ2n) is 5.83. The van der Waals surface area contributed by atoms with Crippen molar-refractivity contribution in [3.05, 3.63) is 35.4 Å². The van der Waals surface area contributed by atoms with Crippen LogP contribution in [-0.4, -0.2) is 7.05 Å². The van der Waals surface area contributed by atoms with E-state index in [4.69, 9.17) is 0 Å². The molecule has 1 aliphatic carbocycles. The lowest BCUT2D eigenvalue weighted by Crippen LogP contribution is -2.26. The molecule has 1 N–H and O–H groups in total. The molecule has 1 heteroatoms. The Labute approximate surface area is 112 Å². The number of aryl methyl sites for hydroxylation is 1. The Bertz CT molecular complexity index is 372. The van der Waals surface area contributed by atoms with Crippen molar-refractivity contribution < 1.29 is 0 Å². The molecule has 100 valence electrons. The van der Waals surface area contributed by atoms with E-state index in [9.17, 15) is 0 Å². The largest absolute Gasteiger partial charge is 0.313 e. The van der Waals surface area contributed by atoms with Crippen molar-refractivity contribution in [2.45, 2.75) is 52.0 Å². The smallest absolute Gasteiger partial charge is 0.0348 e. The van der Waals surface area contributed by atoms with Gasteiger partial charge in [-0.3, -0.25) is 0 Å². The average molecular weight is 245 g/mol. The van der Waals surface area contributed by atoms with Gasteiger partial charge in [0.25, 0.3) is 0 Å². The zero-order chi connectivity index (χ0) is 13.0. The Balaban J connectivity index is 2.18. The van der Waals surface area contributed by atoms with Gasteiger partial charge >= 0.3 is 0 Å². The van der Waals surface area contributed by atoms with Crippen molar-refractivity contribution in [3.63, 3.8) is 0 Å². The van der Waals surface area contributed by atoms with Crippen LogP contribution in [0, 0.1) is 11.8 Å². The predicted octanol–water partition coefficient (Wildman–Crippen LogP) is 4.34. The molecule has 2 rings (SSSR count). The Hall–Kier alpha value is -0.820. The van der Waals surface area contributed by atoms with Gasteiger partial charge in [-0.05, 0) is 42.9 Å². The molecular formula is C17H27N. The molecule has 0 spiro atoms. The number of nitrogens with one attached hydrogen (secondary N) is 1. The Morgan fingerprint density at radius 2 is 2.17 bits per heavy atom. The number of rotatable bonds is 5. The van der Waals surface area contributed by atoms with Crippen LogP contribution in [0.5, 0.6) is 0 Å². The van der Waals surface area contributed by atoms with Gasteiger partial charge in [0, 0.05) is 6.04 Å². The Morgan fingerprint density at radius 1 is 1.33 bits per heavy atom. The number of benzene rings is 1. The molecule has 0 heterocycles. The molecule has 1 fully saturated rings. The van der Waals surface area contributed by atoms with E-state index in [-0.39, 0.29) is 0 Å². The predicted molar refractivity (Wildman–Crippen MR) is 78.7 cm³/mol. The minimum atomic E-state index is 0.541. The fourth-order valence-corrected chi connectivity index (χ4v) is 3.53. The zero-order valence-electron chi connectivity index (χ0n) is 12.1. The van der Waals surface area contributed by atoms with E-state index < -0.39 is 0 Å². The van der Waals surface area contributed by atoms with E-state index in [2.05, 4.69) is 50.5 Å². The van der Waals surface area contributed by atoms with Gasteiger partial charge in [-0.15, -0.1) is 0 Å². The highest BCUT2D eigenvalue weighted by atomic mass is 14.9. The third-order valence-corrected chi connectivity index (χ3v) is 4.52. The highest BCUT2D eigenvalue weighted by Gasteiger charge is 2.30. The molecule has 0 aliphatic heterocycles. The highest BCUT2D eigenvalue weighted by Crippen LogP contribution is 2.40. The maximum absolute atomic E-state index is 3.56. The molecule has 1 saturated carbocycles. The summed E-state index contributed by atoms with van der Waals surface area (Å²) in [6, 6.07) is 9.74. The monoisotopic (exact) mass is 245 g/mol. The van der Waals surface area contributed by atoms with Gasteiger partial charge in [0.05, 0.1) is 0 Å². The summed E-state index contributed by atoms with van der Waals surface area (Å²) >= 11 is 0. The third-order valence-electron chi connectivity index (χ3n) is 4.52.